The van der Waals surface area contributed by atoms with Gasteiger partial charge in [-0.2, -0.15) is 0 Å². The van der Waals surface area contributed by atoms with E-state index in [2.05, 4.69) is 5.32 Å². The zero-order valence-corrected chi connectivity index (χ0v) is 16.3. The van der Waals surface area contributed by atoms with E-state index in [9.17, 15) is 9.59 Å². The molecular formula is C16H12Cl4N2O4. The summed E-state index contributed by atoms with van der Waals surface area (Å²) in [6.07, 6.45) is 0. The molecule has 0 unspecified atom stereocenters. The molecule has 0 fully saturated rings. The van der Waals surface area contributed by atoms with Gasteiger partial charge in [-0.15, -0.1) is 0 Å². The highest BCUT2D eigenvalue weighted by atomic mass is 35.5. The quantitative estimate of drug-likeness (QED) is 0.523. The molecule has 10 heteroatoms. The molecule has 3 N–H and O–H groups in total. The maximum absolute atomic E-state index is 12.2. The molecule has 0 aromatic heterocycles. The maximum Gasteiger partial charge on any atom is 0.342 e. The highest BCUT2D eigenvalue weighted by molar-refractivity contribution is 6.42. The number of benzene rings is 2. The molecule has 0 atom stereocenters. The third kappa shape index (κ3) is 4.86. The van der Waals surface area contributed by atoms with Crippen LogP contribution in [0.4, 0.5) is 11.4 Å². The molecule has 0 spiro atoms. The van der Waals surface area contributed by atoms with Crippen molar-refractivity contribution in [1.29, 1.82) is 0 Å². The Balaban J connectivity index is 2.06. The summed E-state index contributed by atoms with van der Waals surface area (Å²) >= 11 is 23.6. The third-order valence-corrected chi connectivity index (χ3v) is 4.29. The van der Waals surface area contributed by atoms with Crippen LogP contribution in [0.25, 0.3) is 0 Å². The summed E-state index contributed by atoms with van der Waals surface area (Å²) in [5.74, 6) is -1.29. The van der Waals surface area contributed by atoms with Gasteiger partial charge in [0.2, 0.25) is 0 Å². The first kappa shape index (κ1) is 20.5. The molecule has 2 aromatic carbocycles. The minimum absolute atomic E-state index is 0.0297. The lowest BCUT2D eigenvalue weighted by Gasteiger charge is -2.12. The molecule has 6 nitrogen and oxygen atoms in total. The smallest absolute Gasteiger partial charge is 0.342 e. The number of rotatable bonds is 5. The normalized spacial score (nSPS) is 10.3. The molecule has 0 aliphatic carbocycles. The predicted molar refractivity (Wildman–Crippen MR) is 103 cm³/mol. The van der Waals surface area contributed by atoms with Gasteiger partial charge in [0.15, 0.2) is 6.61 Å². The summed E-state index contributed by atoms with van der Waals surface area (Å²) in [6.45, 7) is -0.584. The van der Waals surface area contributed by atoms with E-state index in [1.54, 1.807) is 0 Å². The van der Waals surface area contributed by atoms with Gasteiger partial charge in [-0.3, -0.25) is 4.79 Å². The van der Waals surface area contributed by atoms with Crippen LogP contribution in [0.1, 0.15) is 10.4 Å². The number of hydrogen-bond donors (Lipinski definition) is 2. The lowest BCUT2D eigenvalue weighted by molar-refractivity contribution is -0.119. The van der Waals surface area contributed by atoms with Crippen molar-refractivity contribution in [1.82, 2.24) is 0 Å². The van der Waals surface area contributed by atoms with E-state index in [-0.39, 0.29) is 37.8 Å². The van der Waals surface area contributed by atoms with Crippen LogP contribution < -0.4 is 15.8 Å². The van der Waals surface area contributed by atoms with Gasteiger partial charge >= 0.3 is 5.97 Å². The topological polar surface area (TPSA) is 90.7 Å². The second-order valence-electron chi connectivity index (χ2n) is 4.94. The molecule has 0 saturated carbocycles. The van der Waals surface area contributed by atoms with E-state index in [0.717, 1.165) is 0 Å². The highest BCUT2D eigenvalue weighted by Gasteiger charge is 2.18. The third-order valence-electron chi connectivity index (χ3n) is 3.14. The van der Waals surface area contributed by atoms with Gasteiger partial charge in [0.05, 0.1) is 33.6 Å². The number of carbonyl (C=O) groups excluding carboxylic acids is 2. The minimum Gasteiger partial charge on any atom is -0.496 e. The molecule has 0 saturated heterocycles. The summed E-state index contributed by atoms with van der Waals surface area (Å²) in [5.41, 5.74) is 6.08. The first-order valence-electron chi connectivity index (χ1n) is 6.97. The van der Waals surface area contributed by atoms with Gasteiger partial charge in [0.1, 0.15) is 11.3 Å². The number of carbonyl (C=O) groups is 2. The van der Waals surface area contributed by atoms with Crippen molar-refractivity contribution >= 4 is 69.7 Å². The number of esters is 1. The van der Waals surface area contributed by atoms with Crippen molar-refractivity contribution in [2.75, 3.05) is 24.8 Å². The Bertz CT molecular complexity index is 851. The van der Waals surface area contributed by atoms with Crippen LogP contribution in [-0.2, 0) is 9.53 Å². The van der Waals surface area contributed by atoms with Crippen molar-refractivity contribution in [3.63, 3.8) is 0 Å². The number of hydrogen-bond acceptors (Lipinski definition) is 5. The maximum atomic E-state index is 12.2. The van der Waals surface area contributed by atoms with Crippen LogP contribution in [0.2, 0.25) is 20.1 Å². The van der Waals surface area contributed by atoms with Crippen LogP contribution >= 0.6 is 46.4 Å². The lowest BCUT2D eigenvalue weighted by Crippen LogP contribution is -2.21. The second-order valence-corrected chi connectivity index (χ2v) is 6.60. The average molecular weight is 438 g/mol. The SMILES string of the molecule is COc1cc(N)c(Cl)cc1C(=O)OCC(=O)Nc1c(Cl)cc(Cl)cc1Cl. The van der Waals surface area contributed by atoms with Gasteiger partial charge in [0, 0.05) is 11.1 Å². The van der Waals surface area contributed by atoms with Crippen LogP contribution in [0.15, 0.2) is 24.3 Å². The summed E-state index contributed by atoms with van der Waals surface area (Å²) in [7, 11) is 1.36. The fraction of sp³-hybridized carbons (Fsp3) is 0.125. The Morgan fingerprint density at radius 2 is 1.65 bits per heavy atom. The number of nitrogen functional groups attached to an aromatic ring is 1. The molecular weight excluding hydrogens is 426 g/mol. The van der Waals surface area contributed by atoms with Crippen molar-refractivity contribution in [2.45, 2.75) is 0 Å². The summed E-state index contributed by atoms with van der Waals surface area (Å²) in [5, 5.41) is 3.21. The van der Waals surface area contributed by atoms with Crippen LogP contribution in [0, 0.1) is 0 Å². The number of anilines is 2. The number of nitrogens with one attached hydrogen (secondary N) is 1. The highest BCUT2D eigenvalue weighted by Crippen LogP contribution is 2.33. The van der Waals surface area contributed by atoms with Gasteiger partial charge in [-0.05, 0) is 18.2 Å². The predicted octanol–water partition coefficient (Wildman–Crippen LogP) is 4.69. The second kappa shape index (κ2) is 8.68. The Morgan fingerprint density at radius 3 is 2.23 bits per heavy atom. The van der Waals surface area contributed by atoms with Crippen molar-refractivity contribution in [2.24, 2.45) is 0 Å². The summed E-state index contributed by atoms with van der Waals surface area (Å²) in [4.78, 5) is 24.2. The van der Waals surface area contributed by atoms with Crippen molar-refractivity contribution in [3.05, 3.63) is 49.9 Å². The number of halogens is 4. The number of amides is 1. The van der Waals surface area contributed by atoms with E-state index in [1.807, 2.05) is 0 Å². The molecule has 1 amide bonds. The van der Waals surface area contributed by atoms with Gasteiger partial charge in [-0.25, -0.2) is 4.79 Å². The molecule has 0 heterocycles. The van der Waals surface area contributed by atoms with E-state index in [1.165, 1.54) is 31.4 Å². The Morgan fingerprint density at radius 1 is 1.04 bits per heavy atom. The van der Waals surface area contributed by atoms with Crippen molar-refractivity contribution < 1.29 is 19.1 Å². The molecule has 26 heavy (non-hydrogen) atoms. The standard InChI is InChI=1S/C16H12Cl4N2O4/c1-25-13-5-12(21)9(18)4-8(13)16(24)26-6-14(23)22-15-10(19)2-7(17)3-11(15)20/h2-5H,6,21H2,1H3,(H,22,23). The first-order chi connectivity index (χ1) is 12.2. The molecule has 0 aliphatic heterocycles. The largest absolute Gasteiger partial charge is 0.496 e. The van der Waals surface area contributed by atoms with Gasteiger partial charge in [0.25, 0.3) is 5.91 Å². The first-order valence-corrected chi connectivity index (χ1v) is 8.48. The Labute approximate surface area is 169 Å². The molecule has 0 radical (unpaired) electrons. The number of nitrogens with two attached hydrogens (primary N) is 1. The lowest BCUT2D eigenvalue weighted by atomic mass is 10.2. The number of methoxy groups -OCH3 is 1. The Hall–Kier alpha value is -1.86. The molecule has 138 valence electrons. The molecule has 2 rings (SSSR count). The summed E-state index contributed by atoms with van der Waals surface area (Å²) < 4.78 is 10.0. The Kier molecular flexibility index (Phi) is 6.83. The van der Waals surface area contributed by atoms with Gasteiger partial charge < -0.3 is 20.5 Å². The van der Waals surface area contributed by atoms with Crippen molar-refractivity contribution in [3.8, 4) is 5.75 Å². The molecule has 0 bridgehead atoms. The van der Waals surface area contributed by atoms with E-state index in [0.29, 0.717) is 5.02 Å². The molecule has 0 aliphatic rings. The van der Waals surface area contributed by atoms with Crippen LogP contribution in [-0.4, -0.2) is 25.6 Å². The fourth-order valence-electron chi connectivity index (χ4n) is 1.94. The van der Waals surface area contributed by atoms with Crippen LogP contribution in [0.5, 0.6) is 5.75 Å². The van der Waals surface area contributed by atoms with E-state index >= 15 is 0 Å². The van der Waals surface area contributed by atoms with E-state index in [4.69, 9.17) is 61.6 Å². The average Bonchev–Trinajstić information content (AvgIpc) is 2.57. The zero-order chi connectivity index (χ0) is 19.4. The fourth-order valence-corrected chi connectivity index (χ4v) is 3.02. The zero-order valence-electron chi connectivity index (χ0n) is 13.2. The monoisotopic (exact) mass is 436 g/mol. The number of ether oxygens (including phenoxy) is 2. The minimum atomic E-state index is -0.813. The van der Waals surface area contributed by atoms with Crippen LogP contribution in [0.3, 0.4) is 0 Å². The van der Waals surface area contributed by atoms with Gasteiger partial charge in [-0.1, -0.05) is 46.4 Å². The summed E-state index contributed by atoms with van der Waals surface area (Å²) in [6, 6.07) is 5.50. The molecule has 2 aromatic rings. The van der Waals surface area contributed by atoms with E-state index < -0.39 is 18.5 Å².